The number of piperidine rings is 1. The number of aromatic nitrogens is 2. The van der Waals surface area contributed by atoms with E-state index in [0.717, 1.165) is 32.5 Å². The van der Waals surface area contributed by atoms with Gasteiger partial charge in [-0.3, -0.25) is 14.5 Å². The molecule has 2 aliphatic rings. The number of nitrogens with zero attached hydrogens (tertiary/aromatic N) is 5. The van der Waals surface area contributed by atoms with Crippen molar-refractivity contribution in [3.8, 4) is 5.75 Å². The summed E-state index contributed by atoms with van der Waals surface area (Å²) in [5, 5.41) is 3.97. The number of amides is 2. The predicted octanol–water partition coefficient (Wildman–Crippen LogP) is 4.36. The number of anilines is 1. The number of carbonyl (C=O) groups excluding carboxylic acids is 2. The van der Waals surface area contributed by atoms with E-state index < -0.39 is 0 Å². The van der Waals surface area contributed by atoms with E-state index in [1.807, 2.05) is 36.1 Å². The molecule has 2 amide bonds. The van der Waals surface area contributed by atoms with Gasteiger partial charge in [-0.25, -0.2) is 9.97 Å². The molecule has 3 aromatic rings. The van der Waals surface area contributed by atoms with E-state index in [1.54, 1.807) is 19.2 Å². The van der Waals surface area contributed by atoms with Crippen LogP contribution in [0.4, 0.5) is 5.82 Å². The van der Waals surface area contributed by atoms with Crippen molar-refractivity contribution in [2.75, 3.05) is 50.5 Å². The van der Waals surface area contributed by atoms with Crippen molar-refractivity contribution in [3.63, 3.8) is 0 Å². The molecule has 0 spiro atoms. The van der Waals surface area contributed by atoms with Gasteiger partial charge in [0.05, 0.1) is 12.9 Å². The molecule has 2 saturated heterocycles. The monoisotopic (exact) mass is 608 g/mol. The zero-order valence-corrected chi connectivity index (χ0v) is 25.6. The van der Waals surface area contributed by atoms with E-state index in [9.17, 15) is 9.59 Å². The SMILES string of the molecule is COc1cccc(C(=O)N2CCN(c3cc(Cl)nc(SCC(=O)NC4CCN(Cc5ccccc5)CC4)n3)CC2C)c1. The van der Waals surface area contributed by atoms with Crippen LogP contribution in [0.15, 0.2) is 65.8 Å². The molecular formula is C31H37ClN6O3S. The Morgan fingerprint density at radius 2 is 1.81 bits per heavy atom. The first-order chi connectivity index (χ1) is 20.4. The number of halogens is 1. The molecule has 9 nitrogen and oxygen atoms in total. The summed E-state index contributed by atoms with van der Waals surface area (Å²) in [7, 11) is 1.59. The summed E-state index contributed by atoms with van der Waals surface area (Å²) in [6.45, 7) is 6.66. The van der Waals surface area contributed by atoms with Gasteiger partial charge in [0.2, 0.25) is 5.91 Å². The smallest absolute Gasteiger partial charge is 0.254 e. The number of thioether (sulfide) groups is 1. The topological polar surface area (TPSA) is 90.9 Å². The minimum atomic E-state index is -0.0350. The Bertz CT molecular complexity index is 1370. The van der Waals surface area contributed by atoms with Crippen LogP contribution < -0.4 is 15.0 Å². The Balaban J connectivity index is 1.10. The van der Waals surface area contributed by atoms with Gasteiger partial charge in [0.1, 0.15) is 16.7 Å². The summed E-state index contributed by atoms with van der Waals surface area (Å²) in [4.78, 5) is 41.4. The van der Waals surface area contributed by atoms with Gasteiger partial charge in [-0.2, -0.15) is 0 Å². The van der Waals surface area contributed by atoms with Crippen molar-refractivity contribution in [3.05, 3.63) is 76.9 Å². The number of ether oxygens (including phenoxy) is 1. The van der Waals surface area contributed by atoms with E-state index in [1.165, 1.54) is 17.3 Å². The molecular weight excluding hydrogens is 572 g/mol. The standard InChI is InChI=1S/C31H37ClN6O3S/c1-22-19-37(15-16-38(22)30(40)24-9-6-10-26(17-24)41-2)28-18-27(32)34-31(35-28)42-21-29(39)33-25-11-13-36(14-12-25)20-23-7-4-3-5-8-23/h3-10,17-18,22,25H,11-16,19-21H2,1-2H3,(H,33,39). The van der Waals surface area contributed by atoms with Gasteiger partial charge in [-0.15, -0.1) is 0 Å². The van der Waals surface area contributed by atoms with Gasteiger partial charge < -0.3 is 19.9 Å². The van der Waals surface area contributed by atoms with Crippen molar-refractivity contribution >= 4 is 41.0 Å². The molecule has 42 heavy (non-hydrogen) atoms. The van der Waals surface area contributed by atoms with E-state index in [0.29, 0.717) is 47.1 Å². The number of benzene rings is 2. The molecule has 222 valence electrons. The lowest BCUT2D eigenvalue weighted by atomic mass is 10.0. The van der Waals surface area contributed by atoms with E-state index in [4.69, 9.17) is 21.3 Å². The van der Waals surface area contributed by atoms with Crippen molar-refractivity contribution in [1.29, 1.82) is 0 Å². The Morgan fingerprint density at radius 3 is 2.55 bits per heavy atom. The minimum absolute atomic E-state index is 0.0223. The maximum atomic E-state index is 13.2. The predicted molar refractivity (Wildman–Crippen MR) is 166 cm³/mol. The summed E-state index contributed by atoms with van der Waals surface area (Å²) >= 11 is 7.65. The third kappa shape index (κ3) is 7.93. The fraction of sp³-hybridized carbons (Fsp3) is 0.419. The van der Waals surface area contributed by atoms with Gasteiger partial charge in [-0.1, -0.05) is 59.8 Å². The van der Waals surface area contributed by atoms with Crippen LogP contribution in [0.1, 0.15) is 35.7 Å². The molecule has 5 rings (SSSR count). The highest BCUT2D eigenvalue weighted by atomic mass is 35.5. The van der Waals surface area contributed by atoms with Gasteiger partial charge in [0.25, 0.3) is 5.91 Å². The normalized spacial score (nSPS) is 18.1. The van der Waals surface area contributed by atoms with Crippen LogP contribution in [0.5, 0.6) is 5.75 Å². The first-order valence-corrected chi connectivity index (χ1v) is 15.7. The number of piperazine rings is 1. The Labute approximate surface area is 256 Å². The molecule has 1 aromatic heterocycles. The van der Waals surface area contributed by atoms with E-state index >= 15 is 0 Å². The number of hydrogen-bond acceptors (Lipinski definition) is 8. The van der Waals surface area contributed by atoms with Crippen molar-refractivity contribution in [2.24, 2.45) is 0 Å². The highest BCUT2D eigenvalue weighted by Gasteiger charge is 2.29. The van der Waals surface area contributed by atoms with Crippen LogP contribution in [0, 0.1) is 0 Å². The number of methoxy groups -OCH3 is 1. The molecule has 11 heteroatoms. The highest BCUT2D eigenvalue weighted by molar-refractivity contribution is 7.99. The summed E-state index contributed by atoms with van der Waals surface area (Å²) in [5.74, 6) is 1.54. The first kappa shape index (κ1) is 30.1. The molecule has 1 unspecified atom stereocenters. The maximum Gasteiger partial charge on any atom is 0.254 e. The zero-order valence-electron chi connectivity index (χ0n) is 24.0. The Hall–Kier alpha value is -3.34. The number of carbonyl (C=O) groups is 2. The average molecular weight is 609 g/mol. The van der Waals surface area contributed by atoms with Gasteiger partial charge in [-0.05, 0) is 43.5 Å². The van der Waals surface area contributed by atoms with Gasteiger partial charge in [0, 0.05) is 63.0 Å². The Morgan fingerprint density at radius 1 is 1.02 bits per heavy atom. The molecule has 1 atom stereocenters. The summed E-state index contributed by atoms with van der Waals surface area (Å²) in [6, 6.07) is 19.6. The number of rotatable bonds is 9. The third-order valence-electron chi connectivity index (χ3n) is 7.72. The maximum absolute atomic E-state index is 13.2. The second-order valence-corrected chi connectivity index (χ2v) is 12.1. The lowest BCUT2D eigenvalue weighted by Gasteiger charge is -2.40. The molecule has 0 bridgehead atoms. The lowest BCUT2D eigenvalue weighted by molar-refractivity contribution is -0.119. The van der Waals surface area contributed by atoms with Gasteiger partial charge >= 0.3 is 0 Å². The number of likely N-dealkylation sites (tertiary alicyclic amines) is 1. The van der Waals surface area contributed by atoms with E-state index in [-0.39, 0.29) is 29.7 Å². The van der Waals surface area contributed by atoms with Crippen molar-refractivity contribution < 1.29 is 14.3 Å². The zero-order chi connectivity index (χ0) is 29.5. The molecule has 0 radical (unpaired) electrons. The summed E-state index contributed by atoms with van der Waals surface area (Å²) in [6.07, 6.45) is 1.87. The van der Waals surface area contributed by atoms with Crippen LogP contribution in [0.3, 0.4) is 0 Å². The molecule has 3 heterocycles. The second kappa shape index (κ2) is 14.2. The van der Waals surface area contributed by atoms with Gasteiger partial charge in [0.15, 0.2) is 5.16 Å². The van der Waals surface area contributed by atoms with Crippen LogP contribution in [0.2, 0.25) is 5.15 Å². The molecule has 0 aliphatic carbocycles. The minimum Gasteiger partial charge on any atom is -0.497 e. The van der Waals surface area contributed by atoms with Crippen molar-refractivity contribution in [1.82, 2.24) is 25.1 Å². The van der Waals surface area contributed by atoms with Crippen LogP contribution in [-0.2, 0) is 11.3 Å². The second-order valence-electron chi connectivity index (χ2n) is 10.7. The van der Waals surface area contributed by atoms with Crippen LogP contribution in [-0.4, -0.2) is 89.3 Å². The van der Waals surface area contributed by atoms with E-state index in [2.05, 4.69) is 44.4 Å². The fourth-order valence-corrected chi connectivity index (χ4v) is 6.37. The average Bonchev–Trinajstić information content (AvgIpc) is 3.01. The van der Waals surface area contributed by atoms with Crippen LogP contribution >= 0.6 is 23.4 Å². The quantitative estimate of drug-likeness (QED) is 0.218. The third-order valence-corrected chi connectivity index (χ3v) is 8.76. The van der Waals surface area contributed by atoms with Crippen molar-refractivity contribution in [2.45, 2.75) is 43.6 Å². The fourth-order valence-electron chi connectivity index (χ4n) is 5.48. The highest BCUT2D eigenvalue weighted by Crippen LogP contribution is 2.25. The molecule has 2 aromatic carbocycles. The number of nitrogens with one attached hydrogen (secondary N) is 1. The molecule has 0 saturated carbocycles. The molecule has 2 aliphatic heterocycles. The Kier molecular flexibility index (Phi) is 10.2. The number of hydrogen-bond donors (Lipinski definition) is 1. The summed E-state index contributed by atoms with van der Waals surface area (Å²) in [5.41, 5.74) is 1.92. The molecule has 1 N–H and O–H groups in total. The first-order valence-electron chi connectivity index (χ1n) is 14.3. The largest absolute Gasteiger partial charge is 0.497 e. The molecule has 2 fully saturated rings. The van der Waals surface area contributed by atoms with Crippen LogP contribution in [0.25, 0.3) is 0 Å². The summed E-state index contributed by atoms with van der Waals surface area (Å²) < 4.78 is 5.28. The lowest BCUT2D eigenvalue weighted by Crippen LogP contribution is -2.54.